The van der Waals surface area contributed by atoms with Gasteiger partial charge in [-0.2, -0.15) is 13.2 Å². The summed E-state index contributed by atoms with van der Waals surface area (Å²) in [5.74, 6) is -0.977. The SMILES string of the molecule is Nc1noc2ccc(CNC(=O)CC3(CC(=O)N4CCn5c(nnc5C(F)(F)F)C4)CCCC3)cc12. The van der Waals surface area contributed by atoms with Crippen LogP contribution in [-0.4, -0.2) is 43.2 Å². The number of carbonyl (C=O) groups excluding carboxylic acids is 2. The second kappa shape index (κ2) is 9.10. The van der Waals surface area contributed by atoms with Crippen LogP contribution >= 0.6 is 0 Å². The third-order valence-corrected chi connectivity index (χ3v) is 7.14. The molecule has 0 spiro atoms. The van der Waals surface area contributed by atoms with Gasteiger partial charge in [-0.3, -0.25) is 9.59 Å². The molecule has 2 aliphatic rings. The number of nitrogens with zero attached hydrogens (tertiary/aromatic N) is 5. The molecule has 0 bridgehead atoms. The van der Waals surface area contributed by atoms with Crippen molar-refractivity contribution in [2.45, 2.75) is 64.3 Å². The van der Waals surface area contributed by atoms with Gasteiger partial charge < -0.3 is 25.0 Å². The highest BCUT2D eigenvalue weighted by molar-refractivity contribution is 5.87. The van der Waals surface area contributed by atoms with Crippen molar-refractivity contribution >= 4 is 28.6 Å². The van der Waals surface area contributed by atoms with Gasteiger partial charge in [-0.05, 0) is 36.0 Å². The van der Waals surface area contributed by atoms with Gasteiger partial charge in [0.2, 0.25) is 17.6 Å². The lowest BCUT2D eigenvalue weighted by atomic mass is 9.78. The van der Waals surface area contributed by atoms with Crippen molar-refractivity contribution in [2.24, 2.45) is 5.41 Å². The maximum atomic E-state index is 13.2. The molecule has 1 aliphatic carbocycles. The molecule has 0 saturated heterocycles. The maximum absolute atomic E-state index is 13.2. The molecule has 1 aromatic carbocycles. The van der Waals surface area contributed by atoms with E-state index in [9.17, 15) is 22.8 Å². The molecule has 192 valence electrons. The van der Waals surface area contributed by atoms with Crippen LogP contribution in [0, 0.1) is 5.41 Å². The van der Waals surface area contributed by atoms with E-state index in [2.05, 4.69) is 20.7 Å². The number of nitrogens with two attached hydrogens (primary N) is 1. The van der Waals surface area contributed by atoms with Gasteiger partial charge in [0.05, 0.1) is 11.9 Å². The number of rotatable bonds is 6. The molecule has 0 atom stereocenters. The average molecular weight is 506 g/mol. The lowest BCUT2D eigenvalue weighted by molar-refractivity contribution is -0.148. The number of benzene rings is 1. The van der Waals surface area contributed by atoms with Gasteiger partial charge in [0, 0.05) is 32.5 Å². The van der Waals surface area contributed by atoms with Crippen molar-refractivity contribution in [3.05, 3.63) is 35.4 Å². The highest BCUT2D eigenvalue weighted by Gasteiger charge is 2.42. The van der Waals surface area contributed by atoms with Gasteiger partial charge in [0.1, 0.15) is 0 Å². The molecule has 36 heavy (non-hydrogen) atoms. The smallest absolute Gasteiger partial charge is 0.380 e. The molecule has 3 aromatic rings. The van der Waals surface area contributed by atoms with Crippen LogP contribution in [0.25, 0.3) is 11.0 Å². The third-order valence-electron chi connectivity index (χ3n) is 7.14. The van der Waals surface area contributed by atoms with Gasteiger partial charge in [0.25, 0.3) is 0 Å². The van der Waals surface area contributed by atoms with Gasteiger partial charge in [0.15, 0.2) is 17.2 Å². The molecule has 1 saturated carbocycles. The second-order valence-corrected chi connectivity index (χ2v) is 9.64. The zero-order valence-corrected chi connectivity index (χ0v) is 19.5. The van der Waals surface area contributed by atoms with Crippen molar-refractivity contribution in [1.82, 2.24) is 30.1 Å². The molecule has 10 nitrogen and oxygen atoms in total. The van der Waals surface area contributed by atoms with E-state index in [1.165, 1.54) is 4.90 Å². The summed E-state index contributed by atoms with van der Waals surface area (Å²) in [4.78, 5) is 27.5. The largest absolute Gasteiger partial charge is 0.451 e. The second-order valence-electron chi connectivity index (χ2n) is 9.64. The maximum Gasteiger partial charge on any atom is 0.451 e. The van der Waals surface area contributed by atoms with Crippen LogP contribution in [-0.2, 0) is 35.4 Å². The number of halogens is 3. The first kappa shape index (κ1) is 24.1. The lowest BCUT2D eigenvalue weighted by Gasteiger charge is -2.33. The van der Waals surface area contributed by atoms with Gasteiger partial charge >= 0.3 is 6.18 Å². The normalized spacial score (nSPS) is 17.4. The Hall–Kier alpha value is -3.64. The van der Waals surface area contributed by atoms with E-state index in [1.807, 2.05) is 12.1 Å². The Morgan fingerprint density at radius 2 is 1.92 bits per heavy atom. The Morgan fingerprint density at radius 3 is 2.67 bits per heavy atom. The van der Waals surface area contributed by atoms with Crippen molar-refractivity contribution in [3.8, 4) is 0 Å². The summed E-state index contributed by atoms with van der Waals surface area (Å²) >= 11 is 0. The topological polar surface area (TPSA) is 132 Å². The van der Waals surface area contributed by atoms with Crippen LogP contribution in [0.3, 0.4) is 0 Å². The van der Waals surface area contributed by atoms with Crippen LogP contribution in [0.4, 0.5) is 19.0 Å². The highest BCUT2D eigenvalue weighted by Crippen LogP contribution is 2.44. The summed E-state index contributed by atoms with van der Waals surface area (Å²) < 4.78 is 45.4. The Labute approximate surface area is 204 Å². The molecule has 0 radical (unpaired) electrons. The van der Waals surface area contributed by atoms with Crippen LogP contribution in [0.15, 0.2) is 22.7 Å². The number of anilines is 1. The summed E-state index contributed by atoms with van der Waals surface area (Å²) in [6.45, 7) is 0.395. The summed E-state index contributed by atoms with van der Waals surface area (Å²) in [6.07, 6.45) is -0.870. The number of hydrogen-bond acceptors (Lipinski definition) is 7. The van der Waals surface area contributed by atoms with Crippen LogP contribution in [0.1, 0.15) is 55.7 Å². The van der Waals surface area contributed by atoms with Gasteiger partial charge in [-0.1, -0.05) is 24.1 Å². The number of nitrogen functional groups attached to an aromatic ring is 1. The standard InChI is InChI=1S/C23H26F3N7O3/c24-23(25,26)21-30-29-17-13-32(7-8-33(17)21)19(35)11-22(5-1-2-6-22)10-18(34)28-12-14-3-4-16-15(9-14)20(27)31-36-16/h3-4,9H,1-2,5-8,10-13H2,(H2,27,31)(H,28,34). The molecule has 0 unspecified atom stereocenters. The quantitative estimate of drug-likeness (QED) is 0.526. The summed E-state index contributed by atoms with van der Waals surface area (Å²) in [5.41, 5.74) is 6.74. The fraction of sp³-hybridized carbons (Fsp3) is 0.522. The van der Waals surface area contributed by atoms with E-state index in [-0.39, 0.29) is 55.9 Å². The van der Waals surface area contributed by atoms with E-state index < -0.39 is 17.4 Å². The summed E-state index contributed by atoms with van der Waals surface area (Å²) in [6, 6.07) is 5.38. The van der Waals surface area contributed by atoms with Gasteiger partial charge in [-0.25, -0.2) is 0 Å². The number of hydrogen-bond donors (Lipinski definition) is 2. The minimum absolute atomic E-state index is 0.0164. The number of fused-ring (bicyclic) bond motifs is 2. The number of aromatic nitrogens is 4. The molecular formula is C23H26F3N7O3. The first-order valence-corrected chi connectivity index (χ1v) is 11.8. The predicted octanol–water partition coefficient (Wildman–Crippen LogP) is 3.02. The number of carbonyl (C=O) groups is 2. The van der Waals surface area contributed by atoms with E-state index in [0.29, 0.717) is 17.5 Å². The fourth-order valence-electron chi connectivity index (χ4n) is 5.27. The predicted molar refractivity (Wildman–Crippen MR) is 121 cm³/mol. The monoisotopic (exact) mass is 505 g/mol. The van der Waals surface area contributed by atoms with E-state index in [1.54, 1.807) is 6.07 Å². The lowest BCUT2D eigenvalue weighted by Crippen LogP contribution is -2.42. The zero-order valence-electron chi connectivity index (χ0n) is 19.5. The Morgan fingerprint density at radius 1 is 1.14 bits per heavy atom. The molecule has 2 amide bonds. The number of nitrogens with one attached hydrogen (secondary N) is 1. The van der Waals surface area contributed by atoms with Crippen molar-refractivity contribution < 1.29 is 27.3 Å². The molecule has 1 fully saturated rings. The van der Waals surface area contributed by atoms with Crippen LogP contribution in [0.5, 0.6) is 0 Å². The van der Waals surface area contributed by atoms with Crippen LogP contribution < -0.4 is 11.1 Å². The Bertz CT molecular complexity index is 1290. The minimum atomic E-state index is -4.59. The minimum Gasteiger partial charge on any atom is -0.380 e. The van der Waals surface area contributed by atoms with Crippen LogP contribution in [0.2, 0.25) is 0 Å². The molecule has 13 heteroatoms. The highest BCUT2D eigenvalue weighted by atomic mass is 19.4. The Balaban J connectivity index is 1.20. The first-order chi connectivity index (χ1) is 17.1. The van der Waals surface area contributed by atoms with Gasteiger partial charge in [-0.15, -0.1) is 10.2 Å². The average Bonchev–Trinajstić information content (AvgIpc) is 3.56. The summed E-state index contributed by atoms with van der Waals surface area (Å²) in [5, 5.41) is 14.2. The number of amides is 2. The molecule has 3 N–H and O–H groups in total. The molecule has 5 rings (SSSR count). The molecule has 3 heterocycles. The number of alkyl halides is 3. The first-order valence-electron chi connectivity index (χ1n) is 11.8. The molecular weight excluding hydrogens is 479 g/mol. The van der Waals surface area contributed by atoms with Crippen molar-refractivity contribution in [3.63, 3.8) is 0 Å². The van der Waals surface area contributed by atoms with Crippen molar-refractivity contribution in [2.75, 3.05) is 12.3 Å². The van der Waals surface area contributed by atoms with E-state index in [4.69, 9.17) is 10.3 Å². The molecule has 2 aromatic heterocycles. The summed E-state index contributed by atoms with van der Waals surface area (Å²) in [7, 11) is 0. The zero-order chi connectivity index (χ0) is 25.5. The third kappa shape index (κ3) is 4.73. The van der Waals surface area contributed by atoms with E-state index >= 15 is 0 Å². The van der Waals surface area contributed by atoms with E-state index in [0.717, 1.165) is 35.8 Å². The van der Waals surface area contributed by atoms with Crippen molar-refractivity contribution in [1.29, 1.82) is 0 Å². The fourth-order valence-corrected chi connectivity index (χ4v) is 5.27. The molecule has 1 aliphatic heterocycles. The Kier molecular flexibility index (Phi) is 6.08.